The Balaban J connectivity index is 2.12. The fraction of sp³-hybridized carbons (Fsp3) is 0.438. The number of nitrogens with one attached hydrogen (secondary N) is 2. The molecule has 2 heterocycles. The summed E-state index contributed by atoms with van der Waals surface area (Å²) in [6, 6.07) is 6.46. The third kappa shape index (κ3) is 2.25. The van der Waals surface area contributed by atoms with Gasteiger partial charge in [0.15, 0.2) is 0 Å². The maximum absolute atomic E-state index is 12.1. The summed E-state index contributed by atoms with van der Waals surface area (Å²) in [5.74, 6) is 0. The number of hydrogen-bond donors (Lipinski definition) is 2. The van der Waals surface area contributed by atoms with Crippen molar-refractivity contribution in [3.63, 3.8) is 0 Å². The molecule has 0 radical (unpaired) electrons. The average molecular weight is 256 g/mol. The Labute approximate surface area is 113 Å². The van der Waals surface area contributed by atoms with Crippen LogP contribution in [0.15, 0.2) is 23.0 Å². The van der Waals surface area contributed by atoms with Gasteiger partial charge in [0.05, 0.1) is 11.2 Å². The number of rotatable bonds is 3. The Morgan fingerprint density at radius 1 is 1.32 bits per heavy atom. The monoisotopic (exact) mass is 256 g/mol. The molecule has 0 saturated heterocycles. The third-order valence-corrected chi connectivity index (χ3v) is 3.90. The van der Waals surface area contributed by atoms with Crippen molar-refractivity contribution in [3.8, 4) is 0 Å². The van der Waals surface area contributed by atoms with E-state index in [1.165, 1.54) is 18.4 Å². The van der Waals surface area contributed by atoms with E-state index < -0.39 is 0 Å². The number of benzene rings is 1. The SMILES string of the molecule is CCCCc1ccc2c3c(c(=O)[nH]c2c1)CCCN3. The third-order valence-electron chi connectivity index (χ3n) is 3.90. The Kier molecular flexibility index (Phi) is 3.28. The molecule has 0 saturated carbocycles. The van der Waals surface area contributed by atoms with Gasteiger partial charge in [0, 0.05) is 17.5 Å². The van der Waals surface area contributed by atoms with Crippen molar-refractivity contribution in [2.45, 2.75) is 39.0 Å². The summed E-state index contributed by atoms with van der Waals surface area (Å²) in [6.45, 7) is 3.16. The summed E-state index contributed by atoms with van der Waals surface area (Å²) >= 11 is 0. The summed E-state index contributed by atoms with van der Waals surface area (Å²) in [5, 5.41) is 4.54. The molecule has 1 aliphatic rings. The Morgan fingerprint density at radius 3 is 3.05 bits per heavy atom. The zero-order chi connectivity index (χ0) is 13.2. The molecule has 0 spiro atoms. The topological polar surface area (TPSA) is 44.9 Å². The lowest BCUT2D eigenvalue weighted by Gasteiger charge is -2.19. The number of pyridine rings is 1. The van der Waals surface area contributed by atoms with Crippen LogP contribution in [0.25, 0.3) is 10.9 Å². The number of unbranched alkanes of at least 4 members (excludes halogenated alkanes) is 1. The van der Waals surface area contributed by atoms with E-state index in [1.807, 2.05) is 0 Å². The van der Waals surface area contributed by atoms with E-state index in [9.17, 15) is 4.79 Å². The van der Waals surface area contributed by atoms with E-state index in [1.54, 1.807) is 0 Å². The predicted octanol–water partition coefficient (Wildman–Crippen LogP) is 3.23. The highest BCUT2D eigenvalue weighted by Crippen LogP contribution is 2.28. The first-order valence-electron chi connectivity index (χ1n) is 7.21. The second-order valence-electron chi connectivity index (χ2n) is 5.32. The normalized spacial score (nSPS) is 14.2. The van der Waals surface area contributed by atoms with Crippen molar-refractivity contribution >= 4 is 16.6 Å². The van der Waals surface area contributed by atoms with Crippen LogP contribution in [0.5, 0.6) is 0 Å². The number of hydrogen-bond acceptors (Lipinski definition) is 2. The van der Waals surface area contributed by atoms with Crippen LogP contribution in [0, 0.1) is 0 Å². The fourth-order valence-electron chi connectivity index (χ4n) is 2.84. The molecule has 1 aliphatic heterocycles. The van der Waals surface area contributed by atoms with Gasteiger partial charge >= 0.3 is 0 Å². The van der Waals surface area contributed by atoms with Gasteiger partial charge in [0.2, 0.25) is 0 Å². The zero-order valence-electron chi connectivity index (χ0n) is 11.4. The van der Waals surface area contributed by atoms with Gasteiger partial charge < -0.3 is 10.3 Å². The van der Waals surface area contributed by atoms with Crippen LogP contribution in [-0.2, 0) is 12.8 Å². The molecule has 0 amide bonds. The smallest absolute Gasteiger partial charge is 0.253 e. The van der Waals surface area contributed by atoms with Crippen LogP contribution in [0.1, 0.15) is 37.3 Å². The summed E-state index contributed by atoms with van der Waals surface area (Å²) < 4.78 is 0. The van der Waals surface area contributed by atoms with Crippen LogP contribution in [0.3, 0.4) is 0 Å². The van der Waals surface area contributed by atoms with Crippen LogP contribution >= 0.6 is 0 Å². The number of aryl methyl sites for hydroxylation is 1. The summed E-state index contributed by atoms with van der Waals surface area (Å²) in [4.78, 5) is 15.1. The number of aromatic nitrogens is 1. The average Bonchev–Trinajstić information content (AvgIpc) is 2.45. The van der Waals surface area contributed by atoms with Gasteiger partial charge in [-0.3, -0.25) is 4.79 Å². The molecular formula is C16H20N2O. The molecule has 0 unspecified atom stereocenters. The van der Waals surface area contributed by atoms with Crippen molar-refractivity contribution in [3.05, 3.63) is 39.7 Å². The van der Waals surface area contributed by atoms with E-state index >= 15 is 0 Å². The minimum absolute atomic E-state index is 0.0716. The highest BCUT2D eigenvalue weighted by molar-refractivity contribution is 5.93. The molecule has 3 rings (SSSR count). The van der Waals surface area contributed by atoms with Gasteiger partial charge in [-0.2, -0.15) is 0 Å². The van der Waals surface area contributed by atoms with Crippen molar-refractivity contribution in [2.24, 2.45) is 0 Å². The lowest BCUT2D eigenvalue weighted by Crippen LogP contribution is -2.22. The van der Waals surface area contributed by atoms with E-state index in [0.29, 0.717) is 0 Å². The van der Waals surface area contributed by atoms with Crippen LogP contribution in [0.4, 0.5) is 5.69 Å². The van der Waals surface area contributed by atoms with Gasteiger partial charge in [-0.15, -0.1) is 0 Å². The molecule has 3 heteroatoms. The van der Waals surface area contributed by atoms with E-state index in [0.717, 1.165) is 48.0 Å². The molecule has 19 heavy (non-hydrogen) atoms. The van der Waals surface area contributed by atoms with E-state index in [-0.39, 0.29) is 5.56 Å². The van der Waals surface area contributed by atoms with Crippen LogP contribution in [-0.4, -0.2) is 11.5 Å². The lowest BCUT2D eigenvalue weighted by molar-refractivity contribution is 0.795. The maximum atomic E-state index is 12.1. The molecule has 2 aromatic rings. The molecular weight excluding hydrogens is 236 g/mol. The van der Waals surface area contributed by atoms with Gasteiger partial charge in [-0.1, -0.05) is 25.5 Å². The predicted molar refractivity (Wildman–Crippen MR) is 80.0 cm³/mol. The number of aromatic amines is 1. The second-order valence-corrected chi connectivity index (χ2v) is 5.32. The van der Waals surface area contributed by atoms with Crippen LogP contribution in [0.2, 0.25) is 0 Å². The lowest BCUT2D eigenvalue weighted by atomic mass is 9.99. The Bertz CT molecular complexity index is 658. The Morgan fingerprint density at radius 2 is 2.21 bits per heavy atom. The highest BCUT2D eigenvalue weighted by atomic mass is 16.1. The van der Waals surface area contributed by atoms with Crippen molar-refractivity contribution in [2.75, 3.05) is 11.9 Å². The molecule has 0 atom stereocenters. The summed E-state index contributed by atoms with van der Waals surface area (Å²) in [5.41, 5.74) is 4.31. The number of anilines is 1. The van der Waals surface area contributed by atoms with Gasteiger partial charge in [0.1, 0.15) is 0 Å². The van der Waals surface area contributed by atoms with Gasteiger partial charge in [0.25, 0.3) is 5.56 Å². The molecule has 0 aliphatic carbocycles. The van der Waals surface area contributed by atoms with Gasteiger partial charge in [-0.05, 0) is 37.3 Å². The standard InChI is InChI=1S/C16H20N2O/c1-2-3-5-11-7-8-12-14(10-11)18-16(19)13-6-4-9-17-15(12)13/h7-8,10,17H,2-6,9H2,1H3,(H,18,19). The molecule has 3 nitrogen and oxygen atoms in total. The Hall–Kier alpha value is -1.77. The van der Waals surface area contributed by atoms with Crippen molar-refractivity contribution in [1.82, 2.24) is 4.98 Å². The molecule has 2 N–H and O–H groups in total. The maximum Gasteiger partial charge on any atom is 0.253 e. The molecule has 1 aromatic carbocycles. The largest absolute Gasteiger partial charge is 0.384 e. The molecule has 0 fully saturated rings. The second kappa shape index (κ2) is 5.08. The minimum Gasteiger partial charge on any atom is -0.384 e. The summed E-state index contributed by atoms with van der Waals surface area (Å²) in [6.07, 6.45) is 5.39. The number of H-pyrrole nitrogens is 1. The number of fused-ring (bicyclic) bond motifs is 3. The first-order valence-corrected chi connectivity index (χ1v) is 7.21. The first-order chi connectivity index (χ1) is 9.29. The fourth-order valence-corrected chi connectivity index (χ4v) is 2.84. The molecule has 100 valence electrons. The van der Waals surface area contributed by atoms with Crippen molar-refractivity contribution in [1.29, 1.82) is 0 Å². The minimum atomic E-state index is 0.0716. The van der Waals surface area contributed by atoms with Crippen molar-refractivity contribution < 1.29 is 0 Å². The molecule has 1 aromatic heterocycles. The highest BCUT2D eigenvalue weighted by Gasteiger charge is 2.15. The van der Waals surface area contributed by atoms with Crippen LogP contribution < -0.4 is 10.9 Å². The quantitative estimate of drug-likeness (QED) is 0.885. The van der Waals surface area contributed by atoms with E-state index in [2.05, 4.69) is 35.4 Å². The summed E-state index contributed by atoms with van der Waals surface area (Å²) in [7, 11) is 0. The van der Waals surface area contributed by atoms with E-state index in [4.69, 9.17) is 0 Å². The molecule has 0 bridgehead atoms. The first kappa shape index (κ1) is 12.3. The van der Waals surface area contributed by atoms with Gasteiger partial charge in [-0.25, -0.2) is 0 Å². The zero-order valence-corrected chi connectivity index (χ0v) is 11.4.